The molecule has 0 unspecified atom stereocenters. The number of hydrogen-bond donors (Lipinski definition) is 1. The smallest absolute Gasteiger partial charge is 0.330 e. The number of alkyl halides is 3. The first kappa shape index (κ1) is 23.7. The number of imidazole rings is 1. The lowest BCUT2D eigenvalue weighted by Crippen LogP contribution is -2.30. The summed E-state index contributed by atoms with van der Waals surface area (Å²) in [6, 6.07) is 9.04. The molecule has 1 N–H and O–H groups in total. The number of nitrogens with zero attached hydrogens (tertiary/aromatic N) is 3. The van der Waals surface area contributed by atoms with Gasteiger partial charge in [0.1, 0.15) is 0 Å². The fraction of sp³-hybridized carbons (Fsp3) is 0.333. The van der Waals surface area contributed by atoms with E-state index in [-0.39, 0.29) is 23.5 Å². The molecule has 0 radical (unpaired) electrons. The Hall–Kier alpha value is -2.92. The van der Waals surface area contributed by atoms with Gasteiger partial charge in [0.25, 0.3) is 0 Å². The molecule has 3 rings (SSSR count). The monoisotopic (exact) mass is 468 g/mol. The molecular weight excluding hydrogens is 445 g/mol. The molecule has 11 heteroatoms. The lowest BCUT2D eigenvalue weighted by molar-refractivity contribution is -0.137. The minimum atomic E-state index is -4.49. The third-order valence-corrected chi connectivity index (χ3v) is 7.04. The van der Waals surface area contributed by atoms with E-state index in [0.717, 1.165) is 12.1 Å². The number of aromatic nitrogens is 2. The third kappa shape index (κ3) is 5.10. The largest absolute Gasteiger partial charge is 0.416 e. The van der Waals surface area contributed by atoms with Gasteiger partial charge in [0.2, 0.25) is 15.9 Å². The van der Waals surface area contributed by atoms with Crippen molar-refractivity contribution in [3.05, 3.63) is 54.4 Å². The Morgan fingerprint density at radius 2 is 1.84 bits per heavy atom. The molecule has 7 nitrogen and oxygen atoms in total. The summed E-state index contributed by atoms with van der Waals surface area (Å²) in [5.74, 6) is -0.452. The van der Waals surface area contributed by atoms with E-state index in [1.807, 2.05) is 0 Å². The highest BCUT2D eigenvalue weighted by Gasteiger charge is 2.30. The summed E-state index contributed by atoms with van der Waals surface area (Å²) < 4.78 is 66.8. The van der Waals surface area contributed by atoms with Crippen LogP contribution in [0.25, 0.3) is 11.0 Å². The average Bonchev–Trinajstić information content (AvgIpc) is 3.15. The van der Waals surface area contributed by atoms with Gasteiger partial charge in [-0.15, -0.1) is 0 Å². The summed E-state index contributed by atoms with van der Waals surface area (Å²) in [7, 11) is -3.62. The summed E-state index contributed by atoms with van der Waals surface area (Å²) in [6.07, 6.45) is -2.99. The van der Waals surface area contributed by atoms with Gasteiger partial charge in [-0.05, 0) is 36.4 Å². The first-order valence-electron chi connectivity index (χ1n) is 9.98. The second-order valence-electron chi connectivity index (χ2n) is 7.05. The van der Waals surface area contributed by atoms with Gasteiger partial charge in [0.15, 0.2) is 0 Å². The van der Waals surface area contributed by atoms with Gasteiger partial charge in [-0.25, -0.2) is 13.4 Å². The highest BCUT2D eigenvalue weighted by atomic mass is 32.2. The predicted octanol–water partition coefficient (Wildman–Crippen LogP) is 4.11. The topological polar surface area (TPSA) is 84.3 Å². The number of rotatable bonds is 8. The number of fused-ring (bicyclic) bond motifs is 1. The van der Waals surface area contributed by atoms with E-state index in [1.165, 1.54) is 34.9 Å². The summed E-state index contributed by atoms with van der Waals surface area (Å²) in [5.41, 5.74) is 0.338. The van der Waals surface area contributed by atoms with Crippen molar-refractivity contribution in [2.75, 3.05) is 18.4 Å². The number of carbonyl (C=O) groups is 1. The number of anilines is 1. The number of halogens is 3. The lowest BCUT2D eigenvalue weighted by atomic mass is 10.2. The Labute approximate surface area is 183 Å². The van der Waals surface area contributed by atoms with Crippen LogP contribution in [0.4, 0.5) is 18.9 Å². The van der Waals surface area contributed by atoms with Crippen LogP contribution in [0.2, 0.25) is 0 Å². The van der Waals surface area contributed by atoms with Gasteiger partial charge in [0.05, 0.1) is 27.8 Å². The molecule has 0 atom stereocenters. The van der Waals surface area contributed by atoms with Crippen molar-refractivity contribution in [2.24, 2.45) is 0 Å². The van der Waals surface area contributed by atoms with Gasteiger partial charge in [-0.3, -0.25) is 4.79 Å². The van der Waals surface area contributed by atoms with E-state index in [2.05, 4.69) is 10.3 Å². The average molecular weight is 469 g/mol. The van der Waals surface area contributed by atoms with Crippen molar-refractivity contribution in [2.45, 2.75) is 37.9 Å². The van der Waals surface area contributed by atoms with Crippen molar-refractivity contribution in [1.82, 2.24) is 13.9 Å². The molecule has 172 valence electrons. The molecule has 2 aromatic carbocycles. The van der Waals surface area contributed by atoms with E-state index in [1.54, 1.807) is 24.5 Å². The standard InChI is InChI=1S/C21H23F3N4O3S/c1-3-28(4-2)32(30,31)17-8-9-19-18(13-17)25-14-27(19)11-10-20(29)26-16-7-5-6-15(12-16)21(22,23)24/h5-9,12-14H,3-4,10-11H2,1-2H3,(H,26,29). The van der Waals surface area contributed by atoms with Crippen molar-refractivity contribution in [1.29, 1.82) is 0 Å². The number of aryl methyl sites for hydroxylation is 1. The van der Waals surface area contributed by atoms with Gasteiger partial charge in [-0.1, -0.05) is 19.9 Å². The number of nitrogens with one attached hydrogen (secondary N) is 1. The Balaban J connectivity index is 1.70. The molecule has 0 saturated heterocycles. The summed E-state index contributed by atoms with van der Waals surface area (Å²) in [5, 5.41) is 2.46. The number of carbonyl (C=O) groups excluding carboxylic acids is 1. The Bertz CT molecular complexity index is 1220. The second kappa shape index (κ2) is 9.29. The zero-order valence-electron chi connectivity index (χ0n) is 17.6. The van der Waals surface area contributed by atoms with Crippen LogP contribution in [-0.2, 0) is 27.5 Å². The summed E-state index contributed by atoms with van der Waals surface area (Å²) >= 11 is 0. The molecule has 0 spiro atoms. The van der Waals surface area contributed by atoms with Crippen LogP contribution in [0.3, 0.4) is 0 Å². The molecular formula is C21H23F3N4O3S. The molecule has 0 bridgehead atoms. The summed E-state index contributed by atoms with van der Waals surface area (Å²) in [6.45, 7) is 4.46. The van der Waals surface area contributed by atoms with Gasteiger partial charge < -0.3 is 9.88 Å². The van der Waals surface area contributed by atoms with Crippen LogP contribution in [-0.4, -0.2) is 41.3 Å². The maximum atomic E-state index is 12.8. The van der Waals surface area contributed by atoms with E-state index >= 15 is 0 Å². The van der Waals surface area contributed by atoms with E-state index in [4.69, 9.17) is 0 Å². The maximum absolute atomic E-state index is 12.8. The fourth-order valence-corrected chi connectivity index (χ4v) is 4.79. The zero-order valence-corrected chi connectivity index (χ0v) is 18.4. The van der Waals surface area contributed by atoms with Crippen LogP contribution in [0.15, 0.2) is 53.7 Å². The third-order valence-electron chi connectivity index (χ3n) is 4.99. The second-order valence-corrected chi connectivity index (χ2v) is 8.99. The number of amides is 1. The fourth-order valence-electron chi connectivity index (χ4n) is 3.31. The van der Waals surface area contributed by atoms with Gasteiger partial charge >= 0.3 is 6.18 Å². The molecule has 1 amide bonds. The Kier molecular flexibility index (Phi) is 6.89. The van der Waals surface area contributed by atoms with Gasteiger partial charge in [0, 0.05) is 31.7 Å². The van der Waals surface area contributed by atoms with Crippen molar-refractivity contribution >= 4 is 32.7 Å². The summed E-state index contributed by atoms with van der Waals surface area (Å²) in [4.78, 5) is 16.6. The maximum Gasteiger partial charge on any atom is 0.416 e. The molecule has 3 aromatic rings. The highest BCUT2D eigenvalue weighted by molar-refractivity contribution is 7.89. The number of hydrogen-bond acceptors (Lipinski definition) is 4. The van der Waals surface area contributed by atoms with Crippen LogP contribution < -0.4 is 5.32 Å². The number of sulfonamides is 1. The lowest BCUT2D eigenvalue weighted by Gasteiger charge is -2.18. The first-order valence-corrected chi connectivity index (χ1v) is 11.4. The minimum Gasteiger partial charge on any atom is -0.330 e. The number of benzene rings is 2. The van der Waals surface area contributed by atoms with Crippen molar-refractivity contribution in [3.8, 4) is 0 Å². The van der Waals surface area contributed by atoms with Gasteiger partial charge in [-0.2, -0.15) is 17.5 Å². The van der Waals surface area contributed by atoms with E-state index < -0.39 is 27.7 Å². The highest BCUT2D eigenvalue weighted by Crippen LogP contribution is 2.30. The molecule has 0 aliphatic carbocycles. The Morgan fingerprint density at radius 3 is 2.50 bits per heavy atom. The minimum absolute atomic E-state index is 0.00119. The Morgan fingerprint density at radius 1 is 1.12 bits per heavy atom. The van der Waals surface area contributed by atoms with Crippen LogP contribution in [0, 0.1) is 0 Å². The first-order chi connectivity index (χ1) is 15.1. The van der Waals surface area contributed by atoms with Crippen LogP contribution in [0.5, 0.6) is 0 Å². The zero-order chi connectivity index (χ0) is 23.5. The molecule has 1 heterocycles. The van der Waals surface area contributed by atoms with E-state index in [9.17, 15) is 26.4 Å². The van der Waals surface area contributed by atoms with Crippen molar-refractivity contribution < 1.29 is 26.4 Å². The van der Waals surface area contributed by atoms with Crippen LogP contribution >= 0.6 is 0 Å². The molecule has 0 aliphatic heterocycles. The van der Waals surface area contributed by atoms with Crippen molar-refractivity contribution in [3.63, 3.8) is 0 Å². The molecule has 1 aromatic heterocycles. The van der Waals surface area contributed by atoms with E-state index in [0.29, 0.717) is 24.1 Å². The molecule has 0 saturated carbocycles. The van der Waals surface area contributed by atoms with Crippen LogP contribution in [0.1, 0.15) is 25.8 Å². The molecule has 32 heavy (non-hydrogen) atoms. The normalized spacial score (nSPS) is 12.4. The predicted molar refractivity (Wildman–Crippen MR) is 115 cm³/mol. The molecule has 0 aliphatic rings. The molecule has 0 fully saturated rings. The SMILES string of the molecule is CCN(CC)S(=O)(=O)c1ccc2c(c1)ncn2CCC(=O)Nc1cccc(C(F)(F)F)c1. The quantitative estimate of drug-likeness (QED) is 0.539.